The lowest BCUT2D eigenvalue weighted by Crippen LogP contribution is -2.33. The molecule has 1 aliphatic rings. The zero-order valence-corrected chi connectivity index (χ0v) is 11.4. The highest BCUT2D eigenvalue weighted by Crippen LogP contribution is 2.16. The Morgan fingerprint density at radius 1 is 1.44 bits per heavy atom. The number of nitrogens with two attached hydrogens (primary N) is 1. The Morgan fingerprint density at radius 3 is 2.72 bits per heavy atom. The normalized spacial score (nSPS) is 17.6. The molecule has 0 spiro atoms. The minimum atomic E-state index is 0.282. The first-order chi connectivity index (χ1) is 8.65. The van der Waals surface area contributed by atoms with Crippen molar-refractivity contribution in [3.63, 3.8) is 0 Å². The number of nitrogens with zero attached hydrogens (tertiary/aromatic N) is 3. The monoisotopic (exact) mass is 265 g/mol. The molecule has 3 N–H and O–H groups in total. The highest BCUT2D eigenvalue weighted by Gasteiger charge is 2.16. The Morgan fingerprint density at radius 2 is 2.17 bits per heavy atom. The molecule has 2 rings (SSSR count). The molecule has 1 fully saturated rings. The summed E-state index contributed by atoms with van der Waals surface area (Å²) in [6, 6.07) is 0. The van der Waals surface area contributed by atoms with Gasteiger partial charge in [0.25, 0.3) is 0 Å². The second-order valence-corrected chi connectivity index (χ2v) is 5.22. The molecule has 0 aliphatic carbocycles. The Balaban J connectivity index is 1.81. The fraction of sp³-hybridized carbons (Fsp3) is 0.583. The van der Waals surface area contributed by atoms with Crippen LogP contribution in [-0.2, 0) is 0 Å². The number of likely N-dealkylation sites (tertiary alicyclic amines) is 1. The second kappa shape index (κ2) is 6.06. The third-order valence-corrected chi connectivity index (χ3v) is 3.52. The van der Waals surface area contributed by atoms with Crippen LogP contribution in [0.25, 0.3) is 0 Å². The van der Waals surface area contributed by atoms with Crippen LogP contribution in [0, 0.1) is 5.92 Å². The van der Waals surface area contributed by atoms with Gasteiger partial charge in [0, 0.05) is 6.54 Å². The molecule has 5 nitrogen and oxygen atoms in total. The first-order valence-electron chi connectivity index (χ1n) is 6.19. The Hall–Kier alpha value is -1.27. The van der Waals surface area contributed by atoms with Crippen LogP contribution in [0.2, 0.25) is 0 Å². The van der Waals surface area contributed by atoms with E-state index in [1.54, 1.807) is 12.4 Å². The maximum Gasteiger partial charge on any atom is 0.144 e. The van der Waals surface area contributed by atoms with Crippen LogP contribution in [0.3, 0.4) is 0 Å². The Labute approximate surface area is 113 Å². The van der Waals surface area contributed by atoms with Gasteiger partial charge in [0.1, 0.15) is 16.5 Å². The van der Waals surface area contributed by atoms with Crippen molar-refractivity contribution in [3.8, 4) is 0 Å². The fourth-order valence-corrected chi connectivity index (χ4v) is 2.17. The molecule has 0 amide bonds. The summed E-state index contributed by atoms with van der Waals surface area (Å²) in [5, 5.41) is 3.32. The predicted octanol–water partition coefficient (Wildman–Crippen LogP) is 0.864. The van der Waals surface area contributed by atoms with E-state index in [-0.39, 0.29) is 4.99 Å². The summed E-state index contributed by atoms with van der Waals surface area (Å²) in [5.74, 6) is 1.51. The Bertz CT molecular complexity index is 397. The summed E-state index contributed by atoms with van der Waals surface area (Å²) in [7, 11) is 2.17. The molecule has 1 saturated heterocycles. The molecule has 2 heterocycles. The summed E-state index contributed by atoms with van der Waals surface area (Å²) in [6.45, 7) is 3.31. The van der Waals surface area contributed by atoms with Gasteiger partial charge in [-0.3, -0.25) is 0 Å². The summed E-state index contributed by atoms with van der Waals surface area (Å²) < 4.78 is 0. The molecule has 6 heteroatoms. The minimum Gasteiger partial charge on any atom is -0.388 e. The molecular formula is C12H19N5S. The van der Waals surface area contributed by atoms with Gasteiger partial charge in [-0.2, -0.15) is 0 Å². The van der Waals surface area contributed by atoms with Crippen LogP contribution in [-0.4, -0.2) is 46.5 Å². The zero-order chi connectivity index (χ0) is 13.0. The maximum atomic E-state index is 5.47. The average molecular weight is 265 g/mol. The van der Waals surface area contributed by atoms with Gasteiger partial charge in [-0.1, -0.05) is 12.2 Å². The summed E-state index contributed by atoms with van der Waals surface area (Å²) >= 11 is 4.83. The second-order valence-electron chi connectivity index (χ2n) is 4.78. The van der Waals surface area contributed by atoms with Gasteiger partial charge in [0.15, 0.2) is 0 Å². The van der Waals surface area contributed by atoms with Crippen LogP contribution in [0.5, 0.6) is 0 Å². The van der Waals surface area contributed by atoms with E-state index >= 15 is 0 Å². The van der Waals surface area contributed by atoms with Crippen molar-refractivity contribution in [2.75, 3.05) is 32.0 Å². The van der Waals surface area contributed by atoms with E-state index in [0.717, 1.165) is 18.3 Å². The van der Waals surface area contributed by atoms with E-state index < -0.39 is 0 Å². The van der Waals surface area contributed by atoms with Crippen molar-refractivity contribution in [2.45, 2.75) is 12.8 Å². The van der Waals surface area contributed by atoms with Crippen molar-refractivity contribution in [2.24, 2.45) is 11.7 Å². The van der Waals surface area contributed by atoms with Crippen molar-refractivity contribution in [1.82, 2.24) is 14.9 Å². The van der Waals surface area contributed by atoms with Crippen LogP contribution in [0.15, 0.2) is 12.4 Å². The lowest BCUT2D eigenvalue weighted by molar-refractivity contribution is 0.226. The molecule has 0 atom stereocenters. The Kier molecular flexibility index (Phi) is 4.43. The van der Waals surface area contributed by atoms with E-state index in [1.165, 1.54) is 25.9 Å². The molecule has 98 valence electrons. The van der Waals surface area contributed by atoms with Gasteiger partial charge < -0.3 is 16.0 Å². The van der Waals surface area contributed by atoms with Crippen LogP contribution < -0.4 is 11.1 Å². The fourth-order valence-electron chi connectivity index (χ4n) is 2.06. The van der Waals surface area contributed by atoms with E-state index in [1.807, 2.05) is 0 Å². The van der Waals surface area contributed by atoms with Gasteiger partial charge in [-0.05, 0) is 38.9 Å². The number of anilines is 1. The molecule has 0 bridgehead atoms. The summed E-state index contributed by atoms with van der Waals surface area (Å²) in [5.41, 5.74) is 6.04. The largest absolute Gasteiger partial charge is 0.388 e. The summed E-state index contributed by atoms with van der Waals surface area (Å²) in [6.07, 6.45) is 5.77. The number of piperidine rings is 1. The third-order valence-electron chi connectivity index (χ3n) is 3.31. The smallest absolute Gasteiger partial charge is 0.144 e. The molecule has 0 saturated carbocycles. The van der Waals surface area contributed by atoms with Gasteiger partial charge in [0.05, 0.1) is 12.4 Å². The van der Waals surface area contributed by atoms with E-state index in [2.05, 4.69) is 27.2 Å². The molecule has 1 aliphatic heterocycles. The predicted molar refractivity (Wildman–Crippen MR) is 76.6 cm³/mol. The number of nitrogens with one attached hydrogen (secondary N) is 1. The lowest BCUT2D eigenvalue weighted by Gasteiger charge is -2.29. The molecule has 0 aromatic carbocycles. The minimum absolute atomic E-state index is 0.282. The first-order valence-corrected chi connectivity index (χ1v) is 6.60. The van der Waals surface area contributed by atoms with Gasteiger partial charge in [-0.15, -0.1) is 0 Å². The zero-order valence-electron chi connectivity index (χ0n) is 10.6. The summed E-state index contributed by atoms with van der Waals surface area (Å²) in [4.78, 5) is 11.1. The molecule has 0 unspecified atom stereocenters. The lowest BCUT2D eigenvalue weighted by atomic mass is 9.97. The number of aromatic nitrogens is 2. The molecule has 18 heavy (non-hydrogen) atoms. The SMILES string of the molecule is CN1CCC(CNc2cnc(C(N)=S)cn2)CC1. The number of thiocarbonyl (C=S) groups is 1. The third kappa shape index (κ3) is 3.61. The number of hydrogen-bond acceptors (Lipinski definition) is 5. The standard InChI is InChI=1S/C12H19N5S/c1-17-4-2-9(3-5-17)6-15-11-8-14-10(7-16-11)12(13)18/h7-9H,2-6H2,1H3,(H2,13,18)(H,15,16). The van der Waals surface area contributed by atoms with Crippen LogP contribution in [0.1, 0.15) is 18.5 Å². The van der Waals surface area contributed by atoms with Gasteiger partial charge in [-0.25, -0.2) is 9.97 Å². The molecule has 1 aromatic heterocycles. The number of rotatable bonds is 4. The molecule has 0 radical (unpaired) electrons. The quantitative estimate of drug-likeness (QED) is 0.787. The highest BCUT2D eigenvalue weighted by molar-refractivity contribution is 7.80. The molecule has 1 aromatic rings. The highest BCUT2D eigenvalue weighted by atomic mass is 32.1. The maximum absolute atomic E-state index is 5.47. The van der Waals surface area contributed by atoms with E-state index in [0.29, 0.717) is 5.69 Å². The van der Waals surface area contributed by atoms with Crippen molar-refractivity contribution < 1.29 is 0 Å². The van der Waals surface area contributed by atoms with Crippen LogP contribution >= 0.6 is 12.2 Å². The van der Waals surface area contributed by atoms with Crippen molar-refractivity contribution in [3.05, 3.63) is 18.1 Å². The average Bonchev–Trinajstić information content (AvgIpc) is 2.38. The van der Waals surface area contributed by atoms with Crippen LogP contribution in [0.4, 0.5) is 5.82 Å². The van der Waals surface area contributed by atoms with Crippen molar-refractivity contribution >= 4 is 23.0 Å². The topological polar surface area (TPSA) is 67.1 Å². The van der Waals surface area contributed by atoms with E-state index in [4.69, 9.17) is 18.0 Å². The van der Waals surface area contributed by atoms with Gasteiger partial charge >= 0.3 is 0 Å². The first kappa shape index (κ1) is 13.2. The van der Waals surface area contributed by atoms with Crippen molar-refractivity contribution in [1.29, 1.82) is 0 Å². The van der Waals surface area contributed by atoms with E-state index in [9.17, 15) is 0 Å². The molecular weight excluding hydrogens is 246 g/mol. The number of hydrogen-bond donors (Lipinski definition) is 2. The van der Waals surface area contributed by atoms with Gasteiger partial charge in [0.2, 0.25) is 0 Å².